The van der Waals surface area contributed by atoms with Crippen LogP contribution in [-0.4, -0.2) is 22.7 Å². The Balaban J connectivity index is 1.61. The van der Waals surface area contributed by atoms with E-state index in [1.807, 2.05) is 0 Å². The molecule has 4 aliphatic rings. The SMILES string of the molecule is CC(C)CCC[C@@H](C)[C@H]1CCC2C3C(O[Si](C)(C)C)CC4=CC(O[Si](C)(C)C)=CC[C@]4(C)C3CC[C@@]21C. The minimum absolute atomic E-state index is 0.276. The molecule has 0 bridgehead atoms. The minimum Gasteiger partial charge on any atom is -0.545 e. The number of hydrogen-bond donors (Lipinski definition) is 0. The Morgan fingerprint density at radius 3 is 2.24 bits per heavy atom. The fraction of sp³-hybridized carbons (Fsp3) is 0.879. The molecule has 4 unspecified atom stereocenters. The molecule has 212 valence electrons. The summed E-state index contributed by atoms with van der Waals surface area (Å²) in [5.41, 5.74) is 2.40. The molecule has 0 N–H and O–H groups in total. The van der Waals surface area contributed by atoms with Gasteiger partial charge in [0.25, 0.3) is 0 Å². The molecule has 0 amide bonds. The highest BCUT2D eigenvalue weighted by atomic mass is 28.4. The van der Waals surface area contributed by atoms with Crippen LogP contribution >= 0.6 is 0 Å². The van der Waals surface area contributed by atoms with Crippen LogP contribution in [0.5, 0.6) is 0 Å². The highest BCUT2D eigenvalue weighted by Crippen LogP contribution is 2.68. The van der Waals surface area contributed by atoms with Gasteiger partial charge in [-0.1, -0.05) is 59.5 Å². The van der Waals surface area contributed by atoms with Gasteiger partial charge in [-0.15, -0.1) is 0 Å². The Hall–Kier alpha value is -0.326. The average molecular weight is 545 g/mol. The molecule has 0 aromatic rings. The second kappa shape index (κ2) is 10.6. The summed E-state index contributed by atoms with van der Waals surface area (Å²) in [5, 5.41) is 0. The number of hydrogen-bond acceptors (Lipinski definition) is 2. The quantitative estimate of drug-likeness (QED) is 0.269. The highest BCUT2D eigenvalue weighted by Gasteiger charge is 2.62. The van der Waals surface area contributed by atoms with Crippen molar-refractivity contribution < 1.29 is 8.85 Å². The zero-order valence-corrected chi connectivity index (χ0v) is 28.4. The molecule has 0 radical (unpaired) electrons. The molecular weight excluding hydrogens is 485 g/mol. The van der Waals surface area contributed by atoms with Crippen molar-refractivity contribution in [3.05, 3.63) is 23.5 Å². The zero-order valence-electron chi connectivity index (χ0n) is 26.4. The molecular formula is C33H60O2Si2. The predicted molar refractivity (Wildman–Crippen MR) is 165 cm³/mol. The van der Waals surface area contributed by atoms with Crippen molar-refractivity contribution in [3.63, 3.8) is 0 Å². The Kier molecular flexibility index (Phi) is 8.48. The fourth-order valence-corrected chi connectivity index (χ4v) is 11.4. The van der Waals surface area contributed by atoms with Crippen molar-refractivity contribution in [2.45, 2.75) is 138 Å². The van der Waals surface area contributed by atoms with E-state index in [9.17, 15) is 0 Å². The Morgan fingerprint density at radius 1 is 0.919 bits per heavy atom. The van der Waals surface area contributed by atoms with Gasteiger partial charge in [0, 0.05) is 0 Å². The molecule has 0 aromatic carbocycles. The number of rotatable bonds is 9. The van der Waals surface area contributed by atoms with Gasteiger partial charge in [-0.2, -0.15) is 0 Å². The summed E-state index contributed by atoms with van der Waals surface area (Å²) in [6, 6.07) is 0. The lowest BCUT2D eigenvalue weighted by atomic mass is 9.46. The Morgan fingerprint density at radius 2 is 1.62 bits per heavy atom. The predicted octanol–water partition coefficient (Wildman–Crippen LogP) is 10.2. The third-order valence-corrected chi connectivity index (χ3v) is 12.8. The largest absolute Gasteiger partial charge is 0.545 e. The molecule has 4 aliphatic carbocycles. The molecule has 2 nitrogen and oxygen atoms in total. The summed E-state index contributed by atoms with van der Waals surface area (Å²) in [5.74, 6) is 6.02. The zero-order chi connectivity index (χ0) is 27.4. The summed E-state index contributed by atoms with van der Waals surface area (Å²) in [6.07, 6.45) is 17.5. The molecule has 0 spiro atoms. The van der Waals surface area contributed by atoms with Crippen molar-refractivity contribution in [1.82, 2.24) is 0 Å². The average Bonchev–Trinajstić information content (AvgIpc) is 3.09. The summed E-state index contributed by atoms with van der Waals surface area (Å²) in [6.45, 7) is 26.8. The lowest BCUT2D eigenvalue weighted by Gasteiger charge is -2.61. The molecule has 8 atom stereocenters. The molecule has 37 heavy (non-hydrogen) atoms. The summed E-state index contributed by atoms with van der Waals surface area (Å²) in [7, 11) is -3.27. The monoisotopic (exact) mass is 544 g/mol. The maximum absolute atomic E-state index is 7.16. The van der Waals surface area contributed by atoms with Gasteiger partial charge in [0.2, 0.25) is 8.32 Å². The maximum atomic E-state index is 7.16. The van der Waals surface area contributed by atoms with Gasteiger partial charge >= 0.3 is 0 Å². The third kappa shape index (κ3) is 6.22. The van der Waals surface area contributed by atoms with Crippen molar-refractivity contribution in [2.75, 3.05) is 0 Å². The van der Waals surface area contributed by atoms with Crippen molar-refractivity contribution in [3.8, 4) is 0 Å². The second-order valence-corrected chi connectivity index (χ2v) is 25.3. The van der Waals surface area contributed by atoms with E-state index in [0.29, 0.717) is 17.4 Å². The van der Waals surface area contributed by atoms with Crippen LogP contribution < -0.4 is 0 Å². The summed E-state index contributed by atoms with van der Waals surface area (Å²) in [4.78, 5) is 0. The Labute approximate surface area is 232 Å². The normalized spacial score (nSPS) is 38.9. The van der Waals surface area contributed by atoms with E-state index < -0.39 is 16.6 Å². The van der Waals surface area contributed by atoms with E-state index >= 15 is 0 Å². The number of allylic oxidation sites excluding steroid dienone is 2. The number of fused-ring (bicyclic) bond motifs is 5. The molecule has 3 fully saturated rings. The minimum atomic E-state index is -1.66. The third-order valence-electron chi connectivity index (χ3n) is 10.9. The van der Waals surface area contributed by atoms with Crippen LogP contribution in [0.3, 0.4) is 0 Å². The Bertz CT molecular complexity index is 878. The molecule has 0 aromatic heterocycles. The van der Waals surface area contributed by atoms with Gasteiger partial charge in [0.1, 0.15) is 0 Å². The molecule has 4 heteroatoms. The van der Waals surface area contributed by atoms with E-state index in [2.05, 4.69) is 86.1 Å². The van der Waals surface area contributed by atoms with E-state index in [1.54, 1.807) is 5.57 Å². The molecule has 0 aliphatic heterocycles. The first-order valence-corrected chi connectivity index (χ1v) is 22.6. The molecule has 3 saturated carbocycles. The smallest absolute Gasteiger partial charge is 0.242 e. The fourth-order valence-electron chi connectivity index (χ4n) is 9.35. The summed E-state index contributed by atoms with van der Waals surface area (Å²) >= 11 is 0. The van der Waals surface area contributed by atoms with Crippen LogP contribution in [0.1, 0.15) is 92.4 Å². The van der Waals surface area contributed by atoms with Gasteiger partial charge < -0.3 is 8.85 Å². The second-order valence-electron chi connectivity index (χ2n) is 16.4. The van der Waals surface area contributed by atoms with Crippen LogP contribution in [0.15, 0.2) is 23.5 Å². The lowest BCUT2D eigenvalue weighted by molar-refractivity contribution is -0.104. The van der Waals surface area contributed by atoms with Crippen molar-refractivity contribution in [1.29, 1.82) is 0 Å². The van der Waals surface area contributed by atoms with Gasteiger partial charge in [-0.25, -0.2) is 0 Å². The lowest BCUT2D eigenvalue weighted by Crippen LogP contribution is -2.57. The van der Waals surface area contributed by atoms with Crippen molar-refractivity contribution in [2.24, 2.45) is 46.3 Å². The van der Waals surface area contributed by atoms with Crippen LogP contribution in [0.25, 0.3) is 0 Å². The highest BCUT2D eigenvalue weighted by molar-refractivity contribution is 6.70. The first-order chi connectivity index (χ1) is 17.0. The standard InChI is InChI=1S/C33H60O2Si2/c1-23(2)13-12-14-24(3)27-15-16-28-31-29(18-20-33(27,28)5)32(4)19-17-26(34-36(6,7)8)21-25(32)22-30(31)35-37(9,10)11/h17,21,23-24,27-31H,12-16,18-20,22H2,1-11H3/t24-,27-,28?,29?,30?,31?,32+,33-/m1/s1. The van der Waals surface area contributed by atoms with E-state index in [1.165, 1.54) is 44.9 Å². The van der Waals surface area contributed by atoms with E-state index in [0.717, 1.165) is 48.2 Å². The van der Waals surface area contributed by atoms with Gasteiger partial charge in [-0.3, -0.25) is 0 Å². The molecule has 0 saturated heterocycles. The molecule has 4 rings (SSSR count). The van der Waals surface area contributed by atoms with Crippen molar-refractivity contribution >= 4 is 16.6 Å². The van der Waals surface area contributed by atoms with Gasteiger partial charge in [-0.05, 0) is 136 Å². The van der Waals surface area contributed by atoms with Crippen LogP contribution in [0.2, 0.25) is 39.3 Å². The van der Waals surface area contributed by atoms with Gasteiger partial charge in [0.05, 0.1) is 11.9 Å². The van der Waals surface area contributed by atoms with Crippen LogP contribution in [0.4, 0.5) is 0 Å². The van der Waals surface area contributed by atoms with E-state index in [-0.39, 0.29) is 5.41 Å². The van der Waals surface area contributed by atoms with Gasteiger partial charge in [0.15, 0.2) is 8.32 Å². The first kappa shape index (κ1) is 29.7. The maximum Gasteiger partial charge on any atom is 0.242 e. The summed E-state index contributed by atoms with van der Waals surface area (Å²) < 4.78 is 13.7. The van der Waals surface area contributed by atoms with Crippen LogP contribution in [0, 0.1) is 46.3 Å². The van der Waals surface area contributed by atoms with E-state index in [4.69, 9.17) is 8.85 Å². The van der Waals surface area contributed by atoms with Crippen LogP contribution in [-0.2, 0) is 8.85 Å². The molecule has 0 heterocycles. The first-order valence-electron chi connectivity index (χ1n) is 15.8. The topological polar surface area (TPSA) is 18.5 Å².